The summed E-state index contributed by atoms with van der Waals surface area (Å²) >= 11 is 0. The first kappa shape index (κ1) is 18.9. The smallest absolute Gasteiger partial charge is 0.253 e. The quantitative estimate of drug-likeness (QED) is 0.635. The van der Waals surface area contributed by atoms with Crippen molar-refractivity contribution in [1.82, 2.24) is 14.8 Å². The highest BCUT2D eigenvalue weighted by Gasteiger charge is 2.29. The minimum absolute atomic E-state index is 0.118. The van der Waals surface area contributed by atoms with Crippen LogP contribution in [0.1, 0.15) is 25.7 Å². The zero-order valence-electron chi connectivity index (χ0n) is 14.4. The van der Waals surface area contributed by atoms with Crippen LogP contribution in [-0.2, 0) is 4.79 Å². The van der Waals surface area contributed by atoms with E-state index in [0.717, 1.165) is 25.7 Å². The molecule has 9 heteroatoms. The topological polar surface area (TPSA) is 48.5 Å². The molecule has 0 aromatic carbocycles. The van der Waals surface area contributed by atoms with E-state index in [1.54, 1.807) is 0 Å². The molecule has 1 saturated heterocycles. The van der Waals surface area contributed by atoms with Gasteiger partial charge in [0.25, 0.3) is 11.9 Å². The lowest BCUT2D eigenvalue weighted by Crippen LogP contribution is -2.50. The summed E-state index contributed by atoms with van der Waals surface area (Å²) in [6.07, 6.45) is 4.18. The molecule has 1 aliphatic heterocycles. The Morgan fingerprint density at radius 1 is 1.00 bits per heavy atom. The molecule has 0 atom stereocenters. The van der Waals surface area contributed by atoms with Crippen LogP contribution in [0.5, 0.6) is 0 Å². The normalized spacial score (nSPS) is 19.2. The third-order valence-corrected chi connectivity index (χ3v) is 5.12. The number of pyridine rings is 1. The van der Waals surface area contributed by atoms with Gasteiger partial charge in [-0.05, 0) is 12.8 Å². The number of amides is 1. The van der Waals surface area contributed by atoms with E-state index in [9.17, 15) is 22.4 Å². The van der Waals surface area contributed by atoms with Gasteiger partial charge in [-0.2, -0.15) is 22.5 Å². The van der Waals surface area contributed by atoms with Gasteiger partial charge in [0.05, 0.1) is 0 Å². The number of hydrogen-bond donors (Lipinski definition) is 1. The summed E-state index contributed by atoms with van der Waals surface area (Å²) < 4.78 is 53.2. The Bertz CT molecular complexity index is 632. The predicted octanol–water partition coefficient (Wildman–Crippen LogP) is 2.38. The second kappa shape index (κ2) is 8.20. The Hall–Kier alpha value is -1.90. The second-order valence-electron chi connectivity index (χ2n) is 6.77. The zero-order chi connectivity index (χ0) is 18.7. The lowest BCUT2D eigenvalue weighted by Gasteiger charge is -2.36. The third-order valence-electron chi connectivity index (χ3n) is 5.12. The molecule has 2 aliphatic rings. The van der Waals surface area contributed by atoms with Gasteiger partial charge in [-0.3, -0.25) is 9.69 Å². The molecule has 1 aliphatic carbocycles. The zero-order valence-corrected chi connectivity index (χ0v) is 14.4. The summed E-state index contributed by atoms with van der Waals surface area (Å²) in [5.74, 6) is -6.03. The molecule has 3 rings (SSSR count). The van der Waals surface area contributed by atoms with E-state index in [1.807, 2.05) is 9.80 Å². The van der Waals surface area contributed by atoms with Crippen LogP contribution in [-0.4, -0.2) is 60.0 Å². The first-order chi connectivity index (χ1) is 12.5. The molecule has 144 valence electrons. The number of hydrogen-bond acceptors (Lipinski definition) is 4. The SMILES string of the molecule is O=C(C1CCCC1)N1CCN(CCNc2c(F)c(F)nc(F)c2F)CC1. The fourth-order valence-electron chi connectivity index (χ4n) is 3.60. The van der Waals surface area contributed by atoms with E-state index < -0.39 is 29.2 Å². The average molecular weight is 374 g/mol. The van der Waals surface area contributed by atoms with Gasteiger partial charge in [0.1, 0.15) is 5.69 Å². The van der Waals surface area contributed by atoms with Gasteiger partial charge >= 0.3 is 0 Å². The Labute approximate surface area is 149 Å². The molecule has 2 fully saturated rings. The maximum Gasteiger partial charge on any atom is 0.253 e. The fraction of sp³-hybridized carbons (Fsp3) is 0.647. The average Bonchev–Trinajstić information content (AvgIpc) is 3.17. The minimum Gasteiger partial charge on any atom is -0.379 e. The summed E-state index contributed by atoms with van der Waals surface area (Å²) in [6.45, 7) is 3.12. The largest absolute Gasteiger partial charge is 0.379 e. The summed E-state index contributed by atoms with van der Waals surface area (Å²) in [6, 6.07) is 0. The van der Waals surface area contributed by atoms with Crippen molar-refractivity contribution >= 4 is 11.6 Å². The van der Waals surface area contributed by atoms with Crippen molar-refractivity contribution in [1.29, 1.82) is 0 Å². The lowest BCUT2D eigenvalue weighted by molar-refractivity contribution is -0.137. The third kappa shape index (κ3) is 4.08. The molecule has 5 nitrogen and oxygen atoms in total. The number of rotatable bonds is 5. The van der Waals surface area contributed by atoms with Crippen molar-refractivity contribution in [3.63, 3.8) is 0 Å². The van der Waals surface area contributed by atoms with E-state index in [-0.39, 0.29) is 18.4 Å². The van der Waals surface area contributed by atoms with E-state index in [4.69, 9.17) is 0 Å². The number of carbonyl (C=O) groups is 1. The van der Waals surface area contributed by atoms with Crippen LogP contribution < -0.4 is 5.32 Å². The lowest BCUT2D eigenvalue weighted by atomic mass is 10.1. The van der Waals surface area contributed by atoms with Crippen LogP contribution in [0.3, 0.4) is 0 Å². The molecule has 26 heavy (non-hydrogen) atoms. The van der Waals surface area contributed by atoms with Crippen LogP contribution >= 0.6 is 0 Å². The van der Waals surface area contributed by atoms with Crippen LogP contribution in [0.4, 0.5) is 23.2 Å². The van der Waals surface area contributed by atoms with Crippen LogP contribution in [0, 0.1) is 29.4 Å². The summed E-state index contributed by atoms with van der Waals surface area (Å²) in [5.41, 5.74) is -0.843. The molecular formula is C17H22F4N4O. The maximum absolute atomic E-state index is 13.5. The van der Waals surface area contributed by atoms with Gasteiger partial charge in [-0.25, -0.2) is 0 Å². The summed E-state index contributed by atoms with van der Waals surface area (Å²) in [4.78, 5) is 18.8. The van der Waals surface area contributed by atoms with Gasteiger partial charge < -0.3 is 10.2 Å². The number of nitrogens with one attached hydrogen (secondary N) is 1. The van der Waals surface area contributed by atoms with Crippen molar-refractivity contribution in [3.8, 4) is 0 Å². The molecule has 1 amide bonds. The molecule has 2 heterocycles. The van der Waals surface area contributed by atoms with Crippen molar-refractivity contribution in [2.45, 2.75) is 25.7 Å². The first-order valence-electron chi connectivity index (χ1n) is 8.92. The van der Waals surface area contributed by atoms with E-state index >= 15 is 0 Å². The molecule has 0 unspecified atom stereocenters. The summed E-state index contributed by atoms with van der Waals surface area (Å²) in [5, 5.41) is 2.40. The second-order valence-corrected chi connectivity index (χ2v) is 6.77. The molecule has 0 radical (unpaired) electrons. The maximum atomic E-state index is 13.5. The minimum atomic E-state index is -1.68. The van der Waals surface area contributed by atoms with Crippen molar-refractivity contribution in [2.24, 2.45) is 5.92 Å². The Morgan fingerprint density at radius 3 is 2.15 bits per heavy atom. The van der Waals surface area contributed by atoms with Gasteiger partial charge in [-0.1, -0.05) is 12.8 Å². The fourth-order valence-corrected chi connectivity index (χ4v) is 3.60. The van der Waals surface area contributed by atoms with Gasteiger partial charge in [0, 0.05) is 45.2 Å². The highest BCUT2D eigenvalue weighted by molar-refractivity contribution is 5.79. The first-order valence-corrected chi connectivity index (χ1v) is 8.92. The van der Waals surface area contributed by atoms with Crippen LogP contribution in [0.15, 0.2) is 0 Å². The Balaban J connectivity index is 1.45. The van der Waals surface area contributed by atoms with E-state index in [2.05, 4.69) is 10.3 Å². The van der Waals surface area contributed by atoms with Crippen molar-refractivity contribution < 1.29 is 22.4 Å². The number of nitrogens with zero attached hydrogens (tertiary/aromatic N) is 3. The molecule has 1 saturated carbocycles. The van der Waals surface area contributed by atoms with Gasteiger partial charge in [0.2, 0.25) is 17.5 Å². The van der Waals surface area contributed by atoms with E-state index in [1.165, 1.54) is 0 Å². The van der Waals surface area contributed by atoms with Crippen molar-refractivity contribution in [3.05, 3.63) is 23.5 Å². The molecule has 1 aromatic heterocycles. The van der Waals surface area contributed by atoms with Crippen LogP contribution in [0.2, 0.25) is 0 Å². The highest BCUT2D eigenvalue weighted by Crippen LogP contribution is 2.27. The Kier molecular flexibility index (Phi) is 5.95. The van der Waals surface area contributed by atoms with Gasteiger partial charge in [0.15, 0.2) is 0 Å². The highest BCUT2D eigenvalue weighted by atomic mass is 19.2. The monoisotopic (exact) mass is 374 g/mol. The van der Waals surface area contributed by atoms with Crippen LogP contribution in [0.25, 0.3) is 0 Å². The molecular weight excluding hydrogens is 352 g/mol. The number of aromatic nitrogens is 1. The molecule has 1 N–H and O–H groups in total. The summed E-state index contributed by atoms with van der Waals surface area (Å²) in [7, 11) is 0. The van der Waals surface area contributed by atoms with Gasteiger partial charge in [-0.15, -0.1) is 0 Å². The number of piperazine rings is 1. The Morgan fingerprint density at radius 2 is 1.58 bits per heavy atom. The number of halogens is 4. The molecule has 0 bridgehead atoms. The molecule has 0 spiro atoms. The molecule has 1 aromatic rings. The standard InChI is InChI=1S/C17H22F4N4O/c18-12-14(13(19)16(21)23-15(12)20)22-5-6-24-7-9-25(10-8-24)17(26)11-3-1-2-4-11/h11H,1-10H2,(H,22,23). The number of carbonyl (C=O) groups excluding carboxylic acids is 1. The van der Waals surface area contributed by atoms with E-state index in [0.29, 0.717) is 32.7 Å². The van der Waals surface area contributed by atoms with Crippen molar-refractivity contribution in [2.75, 3.05) is 44.6 Å². The number of anilines is 1. The predicted molar refractivity (Wildman–Crippen MR) is 87.5 cm³/mol.